The lowest BCUT2D eigenvalue weighted by Crippen LogP contribution is -2.34. The molecule has 2 N–H and O–H groups in total. The van der Waals surface area contributed by atoms with Crippen LogP contribution in [0.3, 0.4) is 0 Å². The fraction of sp³-hybridized carbons (Fsp3) is 0.571. The van der Waals surface area contributed by atoms with E-state index in [1.807, 2.05) is 18.2 Å². The Balaban J connectivity index is 1.48. The van der Waals surface area contributed by atoms with Gasteiger partial charge in [-0.1, -0.05) is 0 Å². The molecule has 19 heavy (non-hydrogen) atoms. The number of aliphatic hydroxyl groups excluding tert-OH is 1. The van der Waals surface area contributed by atoms with Crippen LogP contribution in [-0.2, 0) is 0 Å². The average molecular weight is 264 g/mol. The van der Waals surface area contributed by atoms with E-state index in [2.05, 4.69) is 10.2 Å². The zero-order valence-electron chi connectivity index (χ0n) is 11.0. The molecule has 104 valence electrons. The van der Waals surface area contributed by atoms with Gasteiger partial charge in [0.15, 0.2) is 11.5 Å². The summed E-state index contributed by atoms with van der Waals surface area (Å²) in [5.74, 6) is 1.54. The molecule has 0 bridgehead atoms. The number of nitrogens with one attached hydrogen (secondary N) is 1. The van der Waals surface area contributed by atoms with Crippen LogP contribution in [0, 0.1) is 0 Å². The lowest BCUT2D eigenvalue weighted by molar-refractivity contribution is 0.135. The number of benzene rings is 1. The van der Waals surface area contributed by atoms with Gasteiger partial charge in [-0.15, -0.1) is 0 Å². The third kappa shape index (κ3) is 3.11. The fourth-order valence-corrected chi connectivity index (χ4v) is 2.57. The van der Waals surface area contributed by atoms with Crippen LogP contribution in [0.1, 0.15) is 12.8 Å². The quantitative estimate of drug-likeness (QED) is 0.839. The van der Waals surface area contributed by atoms with Crippen molar-refractivity contribution in [2.24, 2.45) is 0 Å². The summed E-state index contributed by atoms with van der Waals surface area (Å²) in [4.78, 5) is 2.31. The van der Waals surface area contributed by atoms with E-state index in [1.165, 1.54) is 12.8 Å². The lowest BCUT2D eigenvalue weighted by Gasteiger charge is -2.20. The van der Waals surface area contributed by atoms with E-state index in [0.29, 0.717) is 6.54 Å². The summed E-state index contributed by atoms with van der Waals surface area (Å²) in [5.41, 5.74) is 0.949. The first-order chi connectivity index (χ1) is 9.31. The summed E-state index contributed by atoms with van der Waals surface area (Å²) in [7, 11) is 0. The van der Waals surface area contributed by atoms with Crippen molar-refractivity contribution < 1.29 is 14.6 Å². The molecule has 1 saturated heterocycles. The molecule has 0 radical (unpaired) electrons. The first-order valence-electron chi connectivity index (χ1n) is 6.85. The van der Waals surface area contributed by atoms with Crippen LogP contribution in [0.5, 0.6) is 11.5 Å². The van der Waals surface area contributed by atoms with Gasteiger partial charge in [0.25, 0.3) is 0 Å². The number of nitrogens with zero attached hydrogens (tertiary/aromatic N) is 1. The Kier molecular flexibility index (Phi) is 3.75. The first kappa shape index (κ1) is 12.6. The van der Waals surface area contributed by atoms with Crippen LogP contribution in [0.2, 0.25) is 0 Å². The Morgan fingerprint density at radius 2 is 2.00 bits per heavy atom. The molecule has 0 saturated carbocycles. The number of hydrogen-bond donors (Lipinski definition) is 2. The maximum Gasteiger partial charge on any atom is 0.231 e. The van der Waals surface area contributed by atoms with Crippen molar-refractivity contribution in [2.45, 2.75) is 18.9 Å². The van der Waals surface area contributed by atoms with Gasteiger partial charge in [0.05, 0.1) is 6.10 Å². The highest BCUT2D eigenvalue weighted by Crippen LogP contribution is 2.34. The summed E-state index contributed by atoms with van der Waals surface area (Å²) in [6.07, 6.45) is 2.16. The summed E-state index contributed by atoms with van der Waals surface area (Å²) in [6, 6.07) is 5.73. The van der Waals surface area contributed by atoms with Gasteiger partial charge in [-0.05, 0) is 38.1 Å². The maximum atomic E-state index is 10.0. The maximum absolute atomic E-state index is 10.0. The van der Waals surface area contributed by atoms with Gasteiger partial charge in [0.1, 0.15) is 0 Å². The number of β-amino-alcohol motifs (C(OH)–C–C–N with tert-alkyl or cyclic N) is 1. The Morgan fingerprint density at radius 1 is 1.21 bits per heavy atom. The average Bonchev–Trinajstić information content (AvgIpc) is 3.06. The molecule has 0 aliphatic carbocycles. The molecule has 0 aromatic heterocycles. The number of anilines is 1. The van der Waals surface area contributed by atoms with E-state index >= 15 is 0 Å². The molecule has 1 aromatic carbocycles. The Morgan fingerprint density at radius 3 is 2.84 bits per heavy atom. The third-order valence-corrected chi connectivity index (χ3v) is 3.58. The third-order valence-electron chi connectivity index (χ3n) is 3.58. The molecule has 2 heterocycles. The van der Waals surface area contributed by atoms with Crippen LogP contribution in [-0.4, -0.2) is 49.1 Å². The molecular formula is C14H20N2O3. The van der Waals surface area contributed by atoms with Crippen molar-refractivity contribution in [3.63, 3.8) is 0 Å². The summed E-state index contributed by atoms with van der Waals surface area (Å²) >= 11 is 0. The molecular weight excluding hydrogens is 244 g/mol. The van der Waals surface area contributed by atoms with Crippen molar-refractivity contribution in [1.82, 2.24) is 4.90 Å². The normalized spacial score (nSPS) is 19.6. The summed E-state index contributed by atoms with van der Waals surface area (Å²) in [6.45, 7) is 3.81. The Bertz CT molecular complexity index is 433. The molecule has 5 heteroatoms. The molecule has 5 nitrogen and oxygen atoms in total. The second kappa shape index (κ2) is 5.67. The highest BCUT2D eigenvalue weighted by atomic mass is 16.7. The predicted octanol–water partition coefficient (Wildman–Crippen LogP) is 1.28. The van der Waals surface area contributed by atoms with E-state index in [9.17, 15) is 5.11 Å². The van der Waals surface area contributed by atoms with Crippen molar-refractivity contribution in [3.05, 3.63) is 18.2 Å². The zero-order chi connectivity index (χ0) is 13.1. The molecule has 3 rings (SSSR count). The van der Waals surface area contributed by atoms with Crippen LogP contribution in [0.4, 0.5) is 5.69 Å². The van der Waals surface area contributed by atoms with Gasteiger partial charge in [-0.3, -0.25) is 0 Å². The van der Waals surface area contributed by atoms with Crippen molar-refractivity contribution >= 4 is 5.69 Å². The second-order valence-electron chi connectivity index (χ2n) is 5.11. The largest absolute Gasteiger partial charge is 0.454 e. The van der Waals surface area contributed by atoms with Gasteiger partial charge >= 0.3 is 0 Å². The van der Waals surface area contributed by atoms with Crippen LogP contribution in [0.15, 0.2) is 18.2 Å². The molecule has 1 unspecified atom stereocenters. The zero-order valence-corrected chi connectivity index (χ0v) is 11.0. The van der Waals surface area contributed by atoms with E-state index in [-0.39, 0.29) is 12.9 Å². The molecule has 1 fully saturated rings. The highest BCUT2D eigenvalue weighted by Gasteiger charge is 2.16. The second-order valence-corrected chi connectivity index (χ2v) is 5.11. The SMILES string of the molecule is OC(CNc1ccc2c(c1)OCO2)CN1CCCC1. The molecule has 2 aliphatic rings. The number of ether oxygens (including phenoxy) is 2. The van der Waals surface area contributed by atoms with Gasteiger partial charge in [-0.2, -0.15) is 0 Å². The van der Waals surface area contributed by atoms with E-state index in [0.717, 1.165) is 36.8 Å². The van der Waals surface area contributed by atoms with E-state index < -0.39 is 0 Å². The van der Waals surface area contributed by atoms with Crippen molar-refractivity contribution in [3.8, 4) is 11.5 Å². The fourth-order valence-electron chi connectivity index (χ4n) is 2.57. The Labute approximate surface area is 113 Å². The molecule has 1 atom stereocenters. The molecule has 2 aliphatic heterocycles. The van der Waals surface area contributed by atoms with Gasteiger partial charge in [0.2, 0.25) is 6.79 Å². The topological polar surface area (TPSA) is 54.0 Å². The summed E-state index contributed by atoms with van der Waals surface area (Å²) < 4.78 is 10.6. The highest BCUT2D eigenvalue weighted by molar-refractivity contribution is 5.55. The van der Waals surface area contributed by atoms with Crippen molar-refractivity contribution in [2.75, 3.05) is 38.3 Å². The number of fused-ring (bicyclic) bond motifs is 1. The van der Waals surface area contributed by atoms with Gasteiger partial charge < -0.3 is 24.8 Å². The Hall–Kier alpha value is -1.46. The number of aliphatic hydroxyl groups is 1. The minimum atomic E-state index is -0.344. The first-order valence-corrected chi connectivity index (χ1v) is 6.85. The monoisotopic (exact) mass is 264 g/mol. The van der Waals surface area contributed by atoms with Gasteiger partial charge in [-0.25, -0.2) is 0 Å². The molecule has 0 amide bonds. The molecule has 1 aromatic rings. The number of rotatable bonds is 5. The minimum Gasteiger partial charge on any atom is -0.454 e. The van der Waals surface area contributed by atoms with Gasteiger partial charge in [0, 0.05) is 24.8 Å². The van der Waals surface area contributed by atoms with Crippen LogP contribution >= 0.6 is 0 Å². The number of hydrogen-bond acceptors (Lipinski definition) is 5. The van der Waals surface area contributed by atoms with E-state index in [4.69, 9.17) is 9.47 Å². The molecule has 0 spiro atoms. The summed E-state index contributed by atoms with van der Waals surface area (Å²) in [5, 5.41) is 13.2. The lowest BCUT2D eigenvalue weighted by atomic mass is 10.2. The van der Waals surface area contributed by atoms with Crippen LogP contribution < -0.4 is 14.8 Å². The van der Waals surface area contributed by atoms with Crippen LogP contribution in [0.25, 0.3) is 0 Å². The van der Waals surface area contributed by atoms with E-state index in [1.54, 1.807) is 0 Å². The standard InChI is InChI=1S/C14H20N2O3/c17-12(9-16-5-1-2-6-16)8-15-11-3-4-13-14(7-11)19-10-18-13/h3-4,7,12,15,17H,1-2,5-6,8-10H2. The number of likely N-dealkylation sites (tertiary alicyclic amines) is 1. The van der Waals surface area contributed by atoms with Crippen molar-refractivity contribution in [1.29, 1.82) is 0 Å². The minimum absolute atomic E-state index is 0.288. The smallest absolute Gasteiger partial charge is 0.231 e. The predicted molar refractivity (Wildman–Crippen MR) is 72.7 cm³/mol.